The van der Waals surface area contributed by atoms with Crippen LogP contribution in [0.1, 0.15) is 44.9 Å². The number of allylic oxidation sites excluding steroid dienone is 1. The molecule has 0 bridgehead atoms. The second kappa shape index (κ2) is 11.7. The van der Waals surface area contributed by atoms with Gasteiger partial charge in [-0.15, -0.1) is 0 Å². The second-order valence-corrected chi connectivity index (χ2v) is 3.84. The zero-order valence-corrected chi connectivity index (χ0v) is 10.8. The molecule has 4 heteroatoms. The summed E-state index contributed by atoms with van der Waals surface area (Å²) in [5, 5.41) is 8.31. The van der Waals surface area contributed by atoms with E-state index < -0.39 is 5.97 Å². The number of unbranched alkanes of at least 4 members (excludes halogenated alkanes) is 5. The number of methoxy groups -OCH3 is 1. The summed E-state index contributed by atoms with van der Waals surface area (Å²) in [4.78, 5) is 20.9. The molecule has 0 fully saturated rings. The lowest BCUT2D eigenvalue weighted by Gasteiger charge is -1.99. The van der Waals surface area contributed by atoms with Gasteiger partial charge in [0.2, 0.25) is 0 Å². The fourth-order valence-electron chi connectivity index (χ4n) is 1.36. The van der Waals surface area contributed by atoms with E-state index in [-0.39, 0.29) is 5.97 Å². The number of carboxylic acids is 1. The van der Waals surface area contributed by atoms with E-state index >= 15 is 0 Å². The SMILES string of the molecule is COC(=O)CCCCCCCC#C/C=C/C(=O)O. The highest BCUT2D eigenvalue weighted by Crippen LogP contribution is 2.07. The minimum absolute atomic E-state index is 0.147. The Morgan fingerprint density at radius 3 is 2.50 bits per heavy atom. The molecule has 0 saturated carbocycles. The average Bonchev–Trinajstić information content (AvgIpc) is 2.35. The maximum absolute atomic E-state index is 10.8. The van der Waals surface area contributed by atoms with Crippen LogP contribution < -0.4 is 0 Å². The molecule has 1 N–H and O–H groups in total. The number of rotatable bonds is 8. The van der Waals surface area contributed by atoms with Crippen molar-refractivity contribution in [1.29, 1.82) is 0 Å². The van der Waals surface area contributed by atoms with Crippen LogP contribution in [0.15, 0.2) is 12.2 Å². The first-order valence-electron chi connectivity index (χ1n) is 6.11. The van der Waals surface area contributed by atoms with Gasteiger partial charge in [-0.05, 0) is 18.9 Å². The molecule has 18 heavy (non-hydrogen) atoms. The lowest BCUT2D eigenvalue weighted by molar-refractivity contribution is -0.140. The van der Waals surface area contributed by atoms with E-state index in [2.05, 4.69) is 16.6 Å². The lowest BCUT2D eigenvalue weighted by Crippen LogP contribution is -1.99. The number of carbonyl (C=O) groups excluding carboxylic acids is 1. The van der Waals surface area contributed by atoms with Crippen molar-refractivity contribution in [2.45, 2.75) is 44.9 Å². The van der Waals surface area contributed by atoms with Crippen LogP contribution in [0.4, 0.5) is 0 Å². The Hall–Kier alpha value is -1.76. The molecule has 0 spiro atoms. The van der Waals surface area contributed by atoms with Crippen molar-refractivity contribution < 1.29 is 19.4 Å². The van der Waals surface area contributed by atoms with Crippen LogP contribution in [0.25, 0.3) is 0 Å². The molecule has 0 aliphatic rings. The number of aliphatic carboxylic acids is 1. The van der Waals surface area contributed by atoms with Crippen LogP contribution in [-0.2, 0) is 14.3 Å². The van der Waals surface area contributed by atoms with Gasteiger partial charge in [0, 0.05) is 18.9 Å². The number of hydrogen-bond acceptors (Lipinski definition) is 3. The number of ether oxygens (including phenoxy) is 1. The molecule has 0 aromatic rings. The van der Waals surface area contributed by atoms with E-state index in [9.17, 15) is 9.59 Å². The fourth-order valence-corrected chi connectivity index (χ4v) is 1.36. The van der Waals surface area contributed by atoms with Crippen LogP contribution in [-0.4, -0.2) is 24.2 Å². The van der Waals surface area contributed by atoms with E-state index in [0.717, 1.165) is 44.6 Å². The largest absolute Gasteiger partial charge is 0.478 e. The maximum Gasteiger partial charge on any atom is 0.328 e. The van der Waals surface area contributed by atoms with Gasteiger partial charge in [-0.3, -0.25) is 4.79 Å². The number of hydrogen-bond donors (Lipinski definition) is 1. The molecule has 4 nitrogen and oxygen atoms in total. The monoisotopic (exact) mass is 252 g/mol. The molecule has 0 unspecified atom stereocenters. The van der Waals surface area contributed by atoms with E-state index in [4.69, 9.17) is 5.11 Å². The molecule has 0 aromatic carbocycles. The summed E-state index contributed by atoms with van der Waals surface area (Å²) in [6.07, 6.45) is 8.73. The summed E-state index contributed by atoms with van der Waals surface area (Å²) < 4.78 is 4.54. The summed E-state index contributed by atoms with van der Waals surface area (Å²) in [5.74, 6) is 4.43. The Bertz CT molecular complexity index is 333. The molecular formula is C14H20O4. The van der Waals surface area contributed by atoms with Crippen LogP contribution in [0.3, 0.4) is 0 Å². The van der Waals surface area contributed by atoms with Crippen molar-refractivity contribution in [2.24, 2.45) is 0 Å². The molecule has 0 amide bonds. The molecular weight excluding hydrogens is 232 g/mol. The standard InChI is InChI=1S/C14H20O4/c1-18-14(17)12-10-8-6-4-2-3-5-7-9-11-13(15)16/h9,11H,2-4,6,8,10,12H2,1H3,(H,15,16)/b11-9+. The van der Waals surface area contributed by atoms with Gasteiger partial charge in [0.05, 0.1) is 7.11 Å². The average molecular weight is 252 g/mol. The van der Waals surface area contributed by atoms with Gasteiger partial charge < -0.3 is 9.84 Å². The first-order valence-corrected chi connectivity index (χ1v) is 6.11. The molecule has 0 aliphatic carbocycles. The third kappa shape index (κ3) is 12.3. The Labute approximate surface area is 108 Å². The first kappa shape index (κ1) is 16.2. The third-order valence-electron chi connectivity index (χ3n) is 2.32. The Morgan fingerprint density at radius 2 is 1.83 bits per heavy atom. The Balaban J connectivity index is 3.31. The number of esters is 1. The van der Waals surface area contributed by atoms with E-state index in [1.807, 2.05) is 0 Å². The van der Waals surface area contributed by atoms with E-state index in [0.29, 0.717) is 6.42 Å². The normalized spacial score (nSPS) is 9.83. The van der Waals surface area contributed by atoms with Crippen LogP contribution in [0, 0.1) is 11.8 Å². The highest BCUT2D eigenvalue weighted by Gasteiger charge is 1.98. The summed E-state index contributed by atoms with van der Waals surface area (Å²) in [6, 6.07) is 0. The zero-order chi connectivity index (χ0) is 13.6. The smallest absolute Gasteiger partial charge is 0.328 e. The first-order chi connectivity index (χ1) is 8.66. The Kier molecular flexibility index (Phi) is 10.6. The molecule has 0 aliphatic heterocycles. The number of carbonyl (C=O) groups is 2. The third-order valence-corrected chi connectivity index (χ3v) is 2.32. The minimum Gasteiger partial charge on any atom is -0.478 e. The number of carboxylic acid groups (broad SMARTS) is 1. The maximum atomic E-state index is 10.8. The summed E-state index contributed by atoms with van der Waals surface area (Å²) in [6.45, 7) is 0. The van der Waals surface area contributed by atoms with Gasteiger partial charge in [0.15, 0.2) is 0 Å². The van der Waals surface area contributed by atoms with Crippen LogP contribution in [0.2, 0.25) is 0 Å². The molecule has 100 valence electrons. The molecule has 0 aromatic heterocycles. The zero-order valence-electron chi connectivity index (χ0n) is 10.8. The van der Waals surface area contributed by atoms with Crippen molar-refractivity contribution in [3.8, 4) is 11.8 Å². The predicted octanol–water partition coefficient (Wildman–Crippen LogP) is 2.53. The van der Waals surface area contributed by atoms with Crippen LogP contribution in [0.5, 0.6) is 0 Å². The highest BCUT2D eigenvalue weighted by molar-refractivity contribution is 5.80. The van der Waals surface area contributed by atoms with E-state index in [1.165, 1.54) is 13.2 Å². The lowest BCUT2D eigenvalue weighted by atomic mass is 10.1. The second-order valence-electron chi connectivity index (χ2n) is 3.84. The van der Waals surface area contributed by atoms with Gasteiger partial charge >= 0.3 is 11.9 Å². The van der Waals surface area contributed by atoms with Gasteiger partial charge in [-0.2, -0.15) is 0 Å². The highest BCUT2D eigenvalue weighted by atomic mass is 16.5. The van der Waals surface area contributed by atoms with Gasteiger partial charge in [-0.1, -0.05) is 31.1 Å². The fraction of sp³-hybridized carbons (Fsp3) is 0.571. The molecule has 0 atom stereocenters. The van der Waals surface area contributed by atoms with Crippen molar-refractivity contribution in [3.63, 3.8) is 0 Å². The minimum atomic E-state index is -0.977. The van der Waals surface area contributed by atoms with E-state index in [1.54, 1.807) is 0 Å². The topological polar surface area (TPSA) is 63.6 Å². The molecule has 0 heterocycles. The van der Waals surface area contributed by atoms with Gasteiger partial charge in [-0.25, -0.2) is 4.79 Å². The molecule has 0 radical (unpaired) electrons. The molecule has 0 saturated heterocycles. The van der Waals surface area contributed by atoms with Gasteiger partial charge in [0.25, 0.3) is 0 Å². The quantitative estimate of drug-likeness (QED) is 0.312. The Morgan fingerprint density at radius 1 is 1.17 bits per heavy atom. The van der Waals surface area contributed by atoms with Crippen molar-refractivity contribution in [1.82, 2.24) is 0 Å². The molecule has 0 rings (SSSR count). The summed E-state index contributed by atoms with van der Waals surface area (Å²) in [7, 11) is 1.40. The summed E-state index contributed by atoms with van der Waals surface area (Å²) in [5.41, 5.74) is 0. The van der Waals surface area contributed by atoms with Gasteiger partial charge in [0.1, 0.15) is 0 Å². The van der Waals surface area contributed by atoms with Crippen LogP contribution >= 0.6 is 0 Å². The van der Waals surface area contributed by atoms with Crippen molar-refractivity contribution >= 4 is 11.9 Å². The predicted molar refractivity (Wildman–Crippen MR) is 68.9 cm³/mol. The van der Waals surface area contributed by atoms with Crippen molar-refractivity contribution in [3.05, 3.63) is 12.2 Å². The van der Waals surface area contributed by atoms with Crippen molar-refractivity contribution in [2.75, 3.05) is 7.11 Å². The summed E-state index contributed by atoms with van der Waals surface area (Å²) >= 11 is 0.